The fraction of sp³-hybridized carbons (Fsp3) is 0.381. The van der Waals surface area contributed by atoms with Gasteiger partial charge in [-0.1, -0.05) is 17.7 Å². The second kappa shape index (κ2) is 9.22. The summed E-state index contributed by atoms with van der Waals surface area (Å²) in [5.74, 6) is 0.684. The van der Waals surface area contributed by atoms with Crippen LogP contribution in [0.25, 0.3) is 0 Å². The van der Waals surface area contributed by atoms with Crippen LogP contribution in [0.2, 0.25) is 5.02 Å². The van der Waals surface area contributed by atoms with Crippen LogP contribution < -0.4 is 9.64 Å². The number of carbonyl (C=O) groups excluding carboxylic acids is 1. The van der Waals surface area contributed by atoms with Gasteiger partial charge in [0.25, 0.3) is 0 Å². The van der Waals surface area contributed by atoms with E-state index in [9.17, 15) is 9.90 Å². The average molecular weight is 389 g/mol. The van der Waals surface area contributed by atoms with E-state index in [2.05, 4.69) is 15.9 Å². The standard InChI is InChI=1S/C21H25ClN2O3/c1-16(25)17-5-7-21(8-6-17)27-15-20(26)14-23-9-11-24(12-10-23)19-4-2-3-18(22)13-19/h2-8,13,20,26H,9-12,14-15H2,1H3/t20-/m0/s1. The predicted molar refractivity (Wildman–Crippen MR) is 108 cm³/mol. The summed E-state index contributed by atoms with van der Waals surface area (Å²) < 4.78 is 5.63. The Morgan fingerprint density at radius 3 is 2.48 bits per heavy atom. The number of nitrogens with zero attached hydrogens (tertiary/aromatic N) is 2. The SMILES string of the molecule is CC(=O)c1ccc(OC[C@@H](O)CN2CCN(c3cccc(Cl)c3)CC2)cc1. The van der Waals surface area contributed by atoms with E-state index in [1.54, 1.807) is 24.3 Å². The van der Waals surface area contributed by atoms with Gasteiger partial charge in [-0.25, -0.2) is 0 Å². The summed E-state index contributed by atoms with van der Waals surface area (Å²) in [7, 11) is 0. The Kier molecular flexibility index (Phi) is 6.72. The molecule has 1 heterocycles. The van der Waals surface area contributed by atoms with Crippen LogP contribution in [-0.2, 0) is 0 Å². The molecule has 5 nitrogen and oxygen atoms in total. The van der Waals surface area contributed by atoms with Gasteiger partial charge in [-0.3, -0.25) is 9.69 Å². The van der Waals surface area contributed by atoms with Gasteiger partial charge in [-0.2, -0.15) is 0 Å². The van der Waals surface area contributed by atoms with Gasteiger partial charge >= 0.3 is 0 Å². The number of aliphatic hydroxyl groups excluding tert-OH is 1. The third-order valence-electron chi connectivity index (χ3n) is 4.72. The number of aliphatic hydroxyl groups is 1. The molecule has 0 radical (unpaired) electrons. The second-order valence-corrected chi connectivity index (χ2v) is 7.25. The fourth-order valence-electron chi connectivity index (χ4n) is 3.19. The lowest BCUT2D eigenvalue weighted by Crippen LogP contribution is -2.49. The molecule has 1 aliphatic heterocycles. The molecule has 0 aromatic heterocycles. The highest BCUT2D eigenvalue weighted by Crippen LogP contribution is 2.21. The van der Waals surface area contributed by atoms with Crippen molar-refractivity contribution in [1.82, 2.24) is 4.90 Å². The van der Waals surface area contributed by atoms with Crippen LogP contribution in [0.3, 0.4) is 0 Å². The topological polar surface area (TPSA) is 53.0 Å². The Labute approximate surface area is 165 Å². The van der Waals surface area contributed by atoms with E-state index in [0.29, 0.717) is 17.9 Å². The van der Waals surface area contributed by atoms with Gasteiger partial charge in [0.1, 0.15) is 18.5 Å². The number of benzene rings is 2. The van der Waals surface area contributed by atoms with Crippen molar-refractivity contribution in [2.75, 3.05) is 44.2 Å². The summed E-state index contributed by atoms with van der Waals surface area (Å²) in [5.41, 5.74) is 1.79. The van der Waals surface area contributed by atoms with Crippen LogP contribution in [-0.4, -0.2) is 61.2 Å². The molecule has 144 valence electrons. The molecule has 0 saturated carbocycles. The Morgan fingerprint density at radius 1 is 1.15 bits per heavy atom. The molecule has 1 fully saturated rings. The van der Waals surface area contributed by atoms with Crippen molar-refractivity contribution < 1.29 is 14.6 Å². The number of rotatable bonds is 7. The van der Waals surface area contributed by atoms with Gasteiger partial charge in [0.2, 0.25) is 0 Å². The van der Waals surface area contributed by atoms with E-state index < -0.39 is 6.10 Å². The Hall–Kier alpha value is -2.08. The predicted octanol–water partition coefficient (Wildman–Crippen LogP) is 3.10. The molecule has 27 heavy (non-hydrogen) atoms. The summed E-state index contributed by atoms with van der Waals surface area (Å²) in [5, 5.41) is 11.0. The molecule has 2 aromatic carbocycles. The van der Waals surface area contributed by atoms with Gasteiger partial charge in [0.05, 0.1) is 0 Å². The number of piperazine rings is 1. The molecule has 0 unspecified atom stereocenters. The summed E-state index contributed by atoms with van der Waals surface area (Å²) >= 11 is 6.07. The number of ether oxygens (including phenoxy) is 1. The number of hydrogen-bond acceptors (Lipinski definition) is 5. The first-order valence-corrected chi connectivity index (χ1v) is 9.54. The first-order valence-electron chi connectivity index (χ1n) is 9.16. The molecule has 1 atom stereocenters. The zero-order valence-electron chi connectivity index (χ0n) is 15.5. The van der Waals surface area contributed by atoms with E-state index in [4.69, 9.17) is 16.3 Å². The number of β-amino-alcohol motifs (C(OH)–C–C–N with tert-alkyl or cyclic N) is 1. The number of anilines is 1. The molecule has 3 rings (SSSR count). The molecular formula is C21H25ClN2O3. The maximum Gasteiger partial charge on any atom is 0.159 e. The monoisotopic (exact) mass is 388 g/mol. The number of hydrogen-bond donors (Lipinski definition) is 1. The first kappa shape index (κ1) is 19.7. The third-order valence-corrected chi connectivity index (χ3v) is 4.95. The normalized spacial score (nSPS) is 16.2. The van der Waals surface area contributed by atoms with Crippen LogP contribution in [0, 0.1) is 0 Å². The summed E-state index contributed by atoms with van der Waals surface area (Å²) in [4.78, 5) is 15.8. The van der Waals surface area contributed by atoms with Gasteiger partial charge in [-0.05, 0) is 49.4 Å². The minimum Gasteiger partial charge on any atom is -0.491 e. The van der Waals surface area contributed by atoms with Crippen molar-refractivity contribution >= 4 is 23.1 Å². The number of carbonyl (C=O) groups is 1. The molecule has 0 amide bonds. The minimum atomic E-state index is -0.560. The number of halogens is 1. The minimum absolute atomic E-state index is 0.0264. The Balaban J connectivity index is 1.41. The summed E-state index contributed by atoms with van der Waals surface area (Å²) in [6.45, 7) is 5.92. The van der Waals surface area contributed by atoms with Crippen LogP contribution >= 0.6 is 11.6 Å². The van der Waals surface area contributed by atoms with E-state index in [0.717, 1.165) is 36.9 Å². The zero-order chi connectivity index (χ0) is 19.2. The van der Waals surface area contributed by atoms with Crippen molar-refractivity contribution in [2.24, 2.45) is 0 Å². The van der Waals surface area contributed by atoms with Crippen LogP contribution in [0.1, 0.15) is 17.3 Å². The van der Waals surface area contributed by atoms with E-state index in [-0.39, 0.29) is 12.4 Å². The number of Topliss-reactive ketones (excluding diaryl/α,β-unsaturated/α-hetero) is 1. The summed E-state index contributed by atoms with van der Waals surface area (Å²) in [6, 6.07) is 14.9. The van der Waals surface area contributed by atoms with Gasteiger partial charge < -0.3 is 14.7 Å². The van der Waals surface area contributed by atoms with Crippen molar-refractivity contribution in [3.63, 3.8) is 0 Å². The highest BCUT2D eigenvalue weighted by Gasteiger charge is 2.20. The van der Waals surface area contributed by atoms with Crippen molar-refractivity contribution in [3.05, 3.63) is 59.1 Å². The fourth-order valence-corrected chi connectivity index (χ4v) is 3.38. The third kappa shape index (κ3) is 5.70. The maximum absolute atomic E-state index is 11.3. The van der Waals surface area contributed by atoms with Crippen LogP contribution in [0.4, 0.5) is 5.69 Å². The quantitative estimate of drug-likeness (QED) is 0.738. The smallest absolute Gasteiger partial charge is 0.159 e. The van der Waals surface area contributed by atoms with Gasteiger partial charge in [0.15, 0.2) is 5.78 Å². The Bertz CT molecular complexity index is 758. The largest absolute Gasteiger partial charge is 0.491 e. The van der Waals surface area contributed by atoms with E-state index >= 15 is 0 Å². The Morgan fingerprint density at radius 2 is 1.85 bits per heavy atom. The van der Waals surface area contributed by atoms with Crippen molar-refractivity contribution in [1.29, 1.82) is 0 Å². The highest BCUT2D eigenvalue weighted by molar-refractivity contribution is 6.30. The highest BCUT2D eigenvalue weighted by atomic mass is 35.5. The number of ketones is 1. The molecule has 0 spiro atoms. The van der Waals surface area contributed by atoms with Gasteiger partial charge in [-0.15, -0.1) is 0 Å². The maximum atomic E-state index is 11.3. The summed E-state index contributed by atoms with van der Waals surface area (Å²) in [6.07, 6.45) is -0.560. The molecule has 6 heteroatoms. The lowest BCUT2D eigenvalue weighted by atomic mass is 10.1. The lowest BCUT2D eigenvalue weighted by Gasteiger charge is -2.36. The molecule has 1 aliphatic rings. The van der Waals surface area contributed by atoms with Crippen molar-refractivity contribution in [3.8, 4) is 5.75 Å². The molecule has 0 bridgehead atoms. The molecule has 1 N–H and O–H groups in total. The first-order chi connectivity index (χ1) is 13.0. The van der Waals surface area contributed by atoms with E-state index in [1.807, 2.05) is 18.2 Å². The second-order valence-electron chi connectivity index (χ2n) is 6.81. The molecule has 2 aromatic rings. The van der Waals surface area contributed by atoms with E-state index in [1.165, 1.54) is 6.92 Å². The van der Waals surface area contributed by atoms with Crippen LogP contribution in [0.5, 0.6) is 5.75 Å². The van der Waals surface area contributed by atoms with Crippen molar-refractivity contribution in [2.45, 2.75) is 13.0 Å². The van der Waals surface area contributed by atoms with Crippen LogP contribution in [0.15, 0.2) is 48.5 Å². The average Bonchev–Trinajstić information content (AvgIpc) is 2.67. The zero-order valence-corrected chi connectivity index (χ0v) is 16.2. The lowest BCUT2D eigenvalue weighted by molar-refractivity contribution is 0.0663. The van der Waals surface area contributed by atoms with Gasteiger partial charge in [0, 0.05) is 49.0 Å². The molecule has 0 aliphatic carbocycles. The molecule has 1 saturated heterocycles. The molecular weight excluding hydrogens is 364 g/mol.